The van der Waals surface area contributed by atoms with Crippen molar-refractivity contribution in [3.05, 3.63) is 0 Å². The molecule has 1 aliphatic heterocycles. The lowest BCUT2D eigenvalue weighted by Crippen LogP contribution is -2.38. The molecule has 0 unspecified atom stereocenters. The van der Waals surface area contributed by atoms with Gasteiger partial charge in [-0.25, -0.2) is 4.79 Å². The van der Waals surface area contributed by atoms with Crippen molar-refractivity contribution in [2.24, 2.45) is 0 Å². The van der Waals surface area contributed by atoms with Crippen molar-refractivity contribution in [3.63, 3.8) is 0 Å². The van der Waals surface area contributed by atoms with E-state index in [-0.39, 0.29) is 0 Å². The Kier molecular flexibility index (Phi) is 2.66. The summed E-state index contributed by atoms with van der Waals surface area (Å²) in [4.78, 5) is 10.7. The molecule has 0 spiro atoms. The first-order valence-electron chi connectivity index (χ1n) is 3.82. The molecule has 5 heteroatoms. The zero-order chi connectivity index (χ0) is 9.30. The molecule has 1 saturated heterocycles. The van der Waals surface area contributed by atoms with Crippen LogP contribution in [-0.4, -0.2) is 45.7 Å². The number of esters is 1. The topological polar surface area (TPSA) is 87.0 Å². The van der Waals surface area contributed by atoms with Crippen LogP contribution in [0.3, 0.4) is 0 Å². The first kappa shape index (κ1) is 9.44. The van der Waals surface area contributed by atoms with E-state index < -0.39 is 30.4 Å². The van der Waals surface area contributed by atoms with Crippen LogP contribution < -0.4 is 0 Å². The molecule has 0 radical (unpaired) electrons. The molecule has 5 nitrogen and oxygen atoms in total. The van der Waals surface area contributed by atoms with Gasteiger partial charge in [-0.3, -0.25) is 0 Å². The SMILES string of the molecule is CC[C@@H](O)[C@H]1OC(=O)[C@H](O)[C@H]1O. The monoisotopic (exact) mass is 176 g/mol. The van der Waals surface area contributed by atoms with Crippen LogP contribution in [0, 0.1) is 0 Å². The molecule has 0 saturated carbocycles. The summed E-state index contributed by atoms with van der Waals surface area (Å²) in [5, 5.41) is 27.3. The maximum absolute atomic E-state index is 10.7. The van der Waals surface area contributed by atoms with Gasteiger partial charge in [-0.05, 0) is 6.42 Å². The van der Waals surface area contributed by atoms with Crippen molar-refractivity contribution in [2.45, 2.75) is 37.8 Å². The molecular weight excluding hydrogens is 164 g/mol. The van der Waals surface area contributed by atoms with Crippen molar-refractivity contribution in [1.29, 1.82) is 0 Å². The zero-order valence-electron chi connectivity index (χ0n) is 6.67. The summed E-state index contributed by atoms with van der Waals surface area (Å²) >= 11 is 0. The van der Waals surface area contributed by atoms with E-state index in [2.05, 4.69) is 4.74 Å². The Morgan fingerprint density at radius 1 is 1.58 bits per heavy atom. The molecule has 1 rings (SSSR count). The number of aliphatic hydroxyl groups excluding tert-OH is 3. The van der Waals surface area contributed by atoms with Gasteiger partial charge in [-0.2, -0.15) is 0 Å². The summed E-state index contributed by atoms with van der Waals surface area (Å²) < 4.78 is 4.55. The van der Waals surface area contributed by atoms with Crippen LogP contribution >= 0.6 is 0 Å². The van der Waals surface area contributed by atoms with Gasteiger partial charge in [0.15, 0.2) is 12.2 Å². The van der Waals surface area contributed by atoms with Crippen molar-refractivity contribution < 1.29 is 24.9 Å². The number of ether oxygens (including phenoxy) is 1. The molecule has 0 aliphatic carbocycles. The lowest BCUT2D eigenvalue weighted by atomic mass is 10.0. The fraction of sp³-hybridized carbons (Fsp3) is 0.857. The van der Waals surface area contributed by atoms with E-state index in [4.69, 9.17) is 5.11 Å². The standard InChI is InChI=1S/C7H12O5/c1-2-3(8)6-4(9)5(10)7(11)12-6/h3-6,8-10H,2H2,1H3/t3-,4-,5-,6-/m1/s1. The van der Waals surface area contributed by atoms with Gasteiger partial charge in [0.1, 0.15) is 6.10 Å². The quantitative estimate of drug-likeness (QED) is 0.441. The molecule has 12 heavy (non-hydrogen) atoms. The van der Waals surface area contributed by atoms with Gasteiger partial charge in [0.05, 0.1) is 6.10 Å². The summed E-state index contributed by atoms with van der Waals surface area (Å²) in [5.74, 6) is -0.875. The second kappa shape index (κ2) is 3.38. The van der Waals surface area contributed by atoms with Crippen LogP contribution in [0.25, 0.3) is 0 Å². The number of carbonyl (C=O) groups is 1. The predicted molar refractivity (Wildman–Crippen MR) is 38.2 cm³/mol. The summed E-state index contributed by atoms with van der Waals surface area (Å²) in [6, 6.07) is 0. The third-order valence-corrected chi connectivity index (χ3v) is 1.95. The first-order chi connectivity index (χ1) is 5.57. The minimum absolute atomic E-state index is 0.363. The second-order valence-corrected chi connectivity index (χ2v) is 2.81. The highest BCUT2D eigenvalue weighted by molar-refractivity contribution is 5.77. The van der Waals surface area contributed by atoms with E-state index in [9.17, 15) is 15.0 Å². The Morgan fingerprint density at radius 3 is 2.50 bits per heavy atom. The van der Waals surface area contributed by atoms with Crippen molar-refractivity contribution in [1.82, 2.24) is 0 Å². The molecule has 1 heterocycles. The summed E-state index contributed by atoms with van der Waals surface area (Å²) in [5.41, 5.74) is 0. The van der Waals surface area contributed by atoms with E-state index in [0.717, 1.165) is 0 Å². The normalized spacial score (nSPS) is 38.0. The highest BCUT2D eigenvalue weighted by Gasteiger charge is 2.45. The largest absolute Gasteiger partial charge is 0.455 e. The highest BCUT2D eigenvalue weighted by Crippen LogP contribution is 2.19. The number of rotatable bonds is 2. The number of cyclic esters (lactones) is 1. The van der Waals surface area contributed by atoms with Gasteiger partial charge in [0, 0.05) is 0 Å². The van der Waals surface area contributed by atoms with E-state index >= 15 is 0 Å². The van der Waals surface area contributed by atoms with Gasteiger partial charge in [0.25, 0.3) is 0 Å². The minimum Gasteiger partial charge on any atom is -0.455 e. The van der Waals surface area contributed by atoms with Crippen LogP contribution in [0.2, 0.25) is 0 Å². The van der Waals surface area contributed by atoms with Gasteiger partial charge in [-0.1, -0.05) is 6.92 Å². The smallest absolute Gasteiger partial charge is 0.338 e. The second-order valence-electron chi connectivity index (χ2n) is 2.81. The molecule has 1 aliphatic rings. The molecule has 0 aromatic carbocycles. The summed E-state index contributed by atoms with van der Waals surface area (Å²) in [6.07, 6.45) is -4.37. The first-order valence-corrected chi connectivity index (χ1v) is 3.82. The van der Waals surface area contributed by atoms with Crippen LogP contribution in [0.5, 0.6) is 0 Å². The Balaban J connectivity index is 2.64. The molecule has 70 valence electrons. The van der Waals surface area contributed by atoms with Gasteiger partial charge in [0.2, 0.25) is 0 Å². The van der Waals surface area contributed by atoms with Gasteiger partial charge >= 0.3 is 5.97 Å². The van der Waals surface area contributed by atoms with Gasteiger partial charge < -0.3 is 20.1 Å². The van der Waals surface area contributed by atoms with Crippen molar-refractivity contribution >= 4 is 5.97 Å². The lowest BCUT2D eigenvalue weighted by Gasteiger charge is -2.18. The number of hydrogen-bond donors (Lipinski definition) is 3. The molecular formula is C7H12O5. The average Bonchev–Trinajstić information content (AvgIpc) is 2.32. The molecule has 0 aromatic heterocycles. The van der Waals surface area contributed by atoms with E-state index in [1.54, 1.807) is 6.92 Å². The number of aliphatic hydroxyl groups is 3. The van der Waals surface area contributed by atoms with E-state index in [1.165, 1.54) is 0 Å². The molecule has 0 amide bonds. The Labute approximate surface area is 69.6 Å². The molecule has 1 fully saturated rings. The average molecular weight is 176 g/mol. The number of hydrogen-bond acceptors (Lipinski definition) is 5. The van der Waals surface area contributed by atoms with Crippen LogP contribution in [-0.2, 0) is 9.53 Å². The maximum atomic E-state index is 10.7. The Morgan fingerprint density at radius 2 is 2.17 bits per heavy atom. The fourth-order valence-corrected chi connectivity index (χ4v) is 1.13. The maximum Gasteiger partial charge on any atom is 0.338 e. The third-order valence-electron chi connectivity index (χ3n) is 1.95. The van der Waals surface area contributed by atoms with Crippen molar-refractivity contribution in [3.8, 4) is 0 Å². The molecule has 3 N–H and O–H groups in total. The fourth-order valence-electron chi connectivity index (χ4n) is 1.13. The van der Waals surface area contributed by atoms with Crippen LogP contribution in [0.1, 0.15) is 13.3 Å². The van der Waals surface area contributed by atoms with E-state index in [1.807, 2.05) is 0 Å². The minimum atomic E-state index is -1.52. The zero-order valence-corrected chi connectivity index (χ0v) is 6.67. The third kappa shape index (κ3) is 1.43. The van der Waals surface area contributed by atoms with Crippen LogP contribution in [0.4, 0.5) is 0 Å². The van der Waals surface area contributed by atoms with Gasteiger partial charge in [-0.15, -0.1) is 0 Å². The molecule has 4 atom stereocenters. The summed E-state index contributed by atoms with van der Waals surface area (Å²) in [6.45, 7) is 1.69. The van der Waals surface area contributed by atoms with E-state index in [0.29, 0.717) is 6.42 Å². The highest BCUT2D eigenvalue weighted by atomic mass is 16.6. The van der Waals surface area contributed by atoms with Crippen molar-refractivity contribution in [2.75, 3.05) is 0 Å². The molecule has 0 aromatic rings. The van der Waals surface area contributed by atoms with Crippen LogP contribution in [0.15, 0.2) is 0 Å². The predicted octanol–water partition coefficient (Wildman–Crippen LogP) is -1.60. The molecule has 0 bridgehead atoms. The number of carbonyl (C=O) groups excluding carboxylic acids is 1. The Bertz CT molecular complexity index is 181. The lowest BCUT2D eigenvalue weighted by molar-refractivity contribution is -0.150. The Hall–Kier alpha value is -0.650. The summed E-state index contributed by atoms with van der Waals surface area (Å²) in [7, 11) is 0.